The van der Waals surface area contributed by atoms with Crippen LogP contribution in [-0.4, -0.2) is 33.4 Å². The van der Waals surface area contributed by atoms with Crippen molar-refractivity contribution in [1.82, 2.24) is 19.3 Å². The quantitative estimate of drug-likeness (QED) is 0.551. The topological polar surface area (TPSA) is 60.1 Å². The summed E-state index contributed by atoms with van der Waals surface area (Å²) in [4.78, 5) is 12.3. The lowest BCUT2D eigenvalue weighted by molar-refractivity contribution is 0.384. The highest BCUT2D eigenvalue weighted by atomic mass is 16.7. The normalized spacial score (nSPS) is 11.0. The Balaban J connectivity index is 1.78. The van der Waals surface area contributed by atoms with Gasteiger partial charge in [0.25, 0.3) is 5.88 Å². The van der Waals surface area contributed by atoms with Gasteiger partial charge < -0.3 is 14.3 Å². The fraction of sp³-hybridized carbons (Fsp3) is 0.200. The predicted octanol–water partition coefficient (Wildman–Crippen LogP) is 3.45. The van der Waals surface area contributed by atoms with Gasteiger partial charge in [-0.25, -0.2) is 10.5 Å². The first-order chi connectivity index (χ1) is 13.0. The molecule has 7 nitrogen and oxygen atoms in total. The number of hydrogen-bond donors (Lipinski definition) is 1. The van der Waals surface area contributed by atoms with Crippen molar-refractivity contribution in [2.75, 3.05) is 24.5 Å². The summed E-state index contributed by atoms with van der Waals surface area (Å²) in [5, 5.41) is 5.23. The summed E-state index contributed by atoms with van der Waals surface area (Å²) in [5.41, 5.74) is 8.13. The van der Waals surface area contributed by atoms with E-state index in [4.69, 9.17) is 4.84 Å². The van der Waals surface area contributed by atoms with Gasteiger partial charge in [0.1, 0.15) is 5.65 Å². The van der Waals surface area contributed by atoms with Crippen LogP contribution in [0.15, 0.2) is 55.0 Å². The molecule has 0 aliphatic rings. The maximum absolute atomic E-state index is 5.66. The van der Waals surface area contributed by atoms with Crippen LogP contribution in [0.5, 0.6) is 5.88 Å². The van der Waals surface area contributed by atoms with Gasteiger partial charge in [0.05, 0.1) is 11.1 Å². The molecule has 138 valence electrons. The van der Waals surface area contributed by atoms with Crippen LogP contribution in [0, 0.1) is 0 Å². The van der Waals surface area contributed by atoms with Gasteiger partial charge in [-0.2, -0.15) is 0 Å². The molecule has 0 fully saturated rings. The first-order valence-corrected chi connectivity index (χ1v) is 8.67. The Bertz CT molecular complexity index is 1100. The molecule has 3 aromatic heterocycles. The number of pyridine rings is 1. The van der Waals surface area contributed by atoms with E-state index in [-0.39, 0.29) is 0 Å². The van der Waals surface area contributed by atoms with Gasteiger partial charge in [-0.05, 0) is 23.8 Å². The second kappa shape index (κ2) is 6.68. The molecule has 0 aliphatic carbocycles. The molecule has 0 radical (unpaired) electrons. The van der Waals surface area contributed by atoms with Gasteiger partial charge in [-0.1, -0.05) is 12.1 Å². The van der Waals surface area contributed by atoms with E-state index in [9.17, 15) is 0 Å². The number of rotatable bonds is 5. The minimum Gasteiger partial charge on any atom is -0.378 e. The lowest BCUT2D eigenvalue weighted by Gasteiger charge is -2.14. The van der Waals surface area contributed by atoms with Crippen LogP contribution in [-0.2, 0) is 14.1 Å². The van der Waals surface area contributed by atoms with Crippen LogP contribution in [0.3, 0.4) is 0 Å². The predicted molar refractivity (Wildman–Crippen MR) is 108 cm³/mol. The molecule has 1 N–H and O–H groups in total. The summed E-state index contributed by atoms with van der Waals surface area (Å²) < 4.78 is 3.72. The Hall–Kier alpha value is -3.48. The molecule has 0 aliphatic heterocycles. The van der Waals surface area contributed by atoms with E-state index in [1.807, 2.05) is 45.0 Å². The van der Waals surface area contributed by atoms with Crippen molar-refractivity contribution >= 4 is 22.4 Å². The third kappa shape index (κ3) is 3.19. The van der Waals surface area contributed by atoms with Crippen molar-refractivity contribution in [1.29, 1.82) is 0 Å². The average Bonchev–Trinajstić information content (AvgIpc) is 3.24. The molecule has 1 aromatic carbocycles. The number of hydrogen-bond acceptors (Lipinski definition) is 5. The van der Waals surface area contributed by atoms with Crippen molar-refractivity contribution in [3.63, 3.8) is 0 Å². The van der Waals surface area contributed by atoms with Gasteiger partial charge in [0.2, 0.25) is 0 Å². The van der Waals surface area contributed by atoms with Crippen molar-refractivity contribution < 1.29 is 4.84 Å². The summed E-state index contributed by atoms with van der Waals surface area (Å²) in [6.45, 7) is 0. The molecule has 0 spiro atoms. The first kappa shape index (κ1) is 17.0. The summed E-state index contributed by atoms with van der Waals surface area (Å²) in [6, 6.07) is 12.2. The first-order valence-electron chi connectivity index (χ1n) is 8.67. The van der Waals surface area contributed by atoms with E-state index in [1.165, 1.54) is 0 Å². The van der Waals surface area contributed by atoms with E-state index in [0.29, 0.717) is 5.88 Å². The Labute approximate surface area is 157 Å². The average molecular weight is 362 g/mol. The van der Waals surface area contributed by atoms with E-state index >= 15 is 0 Å². The highest BCUT2D eigenvalue weighted by Gasteiger charge is 2.15. The van der Waals surface area contributed by atoms with E-state index < -0.39 is 0 Å². The largest absolute Gasteiger partial charge is 0.378 e. The van der Waals surface area contributed by atoms with Gasteiger partial charge in [-0.15, -0.1) is 5.10 Å². The Morgan fingerprint density at radius 3 is 2.70 bits per heavy atom. The maximum atomic E-state index is 5.66. The molecule has 0 bridgehead atoms. The molecule has 27 heavy (non-hydrogen) atoms. The minimum absolute atomic E-state index is 0.509. The Morgan fingerprint density at radius 1 is 1.11 bits per heavy atom. The molecule has 4 rings (SSSR count). The molecular formula is C20H22N6O. The molecule has 7 heteroatoms. The van der Waals surface area contributed by atoms with Crippen LogP contribution in [0.2, 0.25) is 0 Å². The lowest BCUT2D eigenvalue weighted by atomic mass is 10.0. The van der Waals surface area contributed by atoms with Crippen LogP contribution < -0.4 is 15.2 Å². The summed E-state index contributed by atoms with van der Waals surface area (Å²) in [5.74, 6) is 0.509. The standard InChI is InChI=1S/C20H22N6O/c1-24(2)15-7-5-6-14(12-15)16-13-25(3)20-19(16)17(8-10-21-20)23-27-18-9-11-26(4)22-18/h5-13H,1-4H3,(H,21,23). The monoisotopic (exact) mass is 362 g/mol. The van der Waals surface area contributed by atoms with E-state index in [2.05, 4.69) is 50.9 Å². The van der Waals surface area contributed by atoms with Crippen LogP contribution in [0.25, 0.3) is 22.2 Å². The zero-order valence-electron chi connectivity index (χ0n) is 15.8. The third-order valence-corrected chi connectivity index (χ3v) is 4.49. The van der Waals surface area contributed by atoms with Crippen molar-refractivity contribution in [3.8, 4) is 17.0 Å². The molecule has 3 heterocycles. The Morgan fingerprint density at radius 2 is 1.96 bits per heavy atom. The molecule has 4 aromatic rings. The summed E-state index contributed by atoms with van der Waals surface area (Å²) in [7, 11) is 7.93. The van der Waals surface area contributed by atoms with Crippen LogP contribution in [0.4, 0.5) is 11.4 Å². The number of aromatic nitrogens is 4. The number of aryl methyl sites for hydroxylation is 2. The van der Waals surface area contributed by atoms with Crippen molar-refractivity contribution in [3.05, 3.63) is 55.0 Å². The number of nitrogens with zero attached hydrogens (tertiary/aromatic N) is 5. The smallest absolute Gasteiger partial charge is 0.264 e. The molecule has 0 atom stereocenters. The number of nitrogens with one attached hydrogen (secondary N) is 1. The Kier molecular flexibility index (Phi) is 4.19. The molecule has 0 amide bonds. The minimum atomic E-state index is 0.509. The highest BCUT2D eigenvalue weighted by Crippen LogP contribution is 2.35. The fourth-order valence-corrected chi connectivity index (χ4v) is 3.11. The molecule has 0 unspecified atom stereocenters. The van der Waals surface area contributed by atoms with Crippen molar-refractivity contribution in [2.45, 2.75) is 0 Å². The SMILES string of the molecule is CN(C)c1cccc(-c2cn(C)c3nccc(NOc4ccn(C)n4)c23)c1. The second-order valence-electron chi connectivity index (χ2n) is 6.69. The lowest BCUT2D eigenvalue weighted by Crippen LogP contribution is -2.08. The molecular weight excluding hydrogens is 340 g/mol. The van der Waals surface area contributed by atoms with Gasteiger partial charge in [-0.3, -0.25) is 4.68 Å². The molecule has 0 saturated carbocycles. The summed E-state index contributed by atoms with van der Waals surface area (Å²) in [6.07, 6.45) is 5.70. The van der Waals surface area contributed by atoms with Crippen LogP contribution in [0.1, 0.15) is 0 Å². The fourth-order valence-electron chi connectivity index (χ4n) is 3.11. The van der Waals surface area contributed by atoms with Gasteiger partial charge >= 0.3 is 0 Å². The van der Waals surface area contributed by atoms with Gasteiger partial charge in [0.15, 0.2) is 0 Å². The zero-order valence-corrected chi connectivity index (χ0v) is 15.8. The highest BCUT2D eigenvalue weighted by molar-refractivity contribution is 6.02. The second-order valence-corrected chi connectivity index (χ2v) is 6.69. The van der Waals surface area contributed by atoms with E-state index in [1.54, 1.807) is 16.9 Å². The van der Waals surface area contributed by atoms with Gasteiger partial charge in [0, 0.05) is 64.1 Å². The zero-order chi connectivity index (χ0) is 19.0. The number of fused-ring (bicyclic) bond motifs is 1. The number of anilines is 2. The molecule has 0 saturated heterocycles. The van der Waals surface area contributed by atoms with E-state index in [0.717, 1.165) is 33.5 Å². The maximum Gasteiger partial charge on any atom is 0.264 e. The van der Waals surface area contributed by atoms with Crippen molar-refractivity contribution in [2.24, 2.45) is 14.1 Å². The summed E-state index contributed by atoms with van der Waals surface area (Å²) >= 11 is 0. The third-order valence-electron chi connectivity index (χ3n) is 4.49. The van der Waals surface area contributed by atoms with Crippen LogP contribution >= 0.6 is 0 Å². The number of benzene rings is 1.